The van der Waals surface area contributed by atoms with Crippen LogP contribution in [0.15, 0.2) is 61.2 Å². The van der Waals surface area contributed by atoms with Crippen molar-refractivity contribution in [1.82, 2.24) is 19.7 Å². The molecule has 0 aliphatic carbocycles. The van der Waals surface area contributed by atoms with Crippen LogP contribution in [0.4, 0.5) is 4.39 Å². The molecular formula is C23H25FN4O. The number of nitrogens with zero attached hydrogens (tertiary/aromatic N) is 4. The summed E-state index contributed by atoms with van der Waals surface area (Å²) in [5.41, 5.74) is 2.46. The average molecular weight is 392 g/mol. The van der Waals surface area contributed by atoms with Crippen molar-refractivity contribution in [3.63, 3.8) is 0 Å². The predicted octanol–water partition coefficient (Wildman–Crippen LogP) is 3.95. The Kier molecular flexibility index (Phi) is 5.98. The van der Waals surface area contributed by atoms with Gasteiger partial charge in [-0.2, -0.15) is 5.10 Å². The largest absolute Gasteiger partial charge is 0.339 e. The number of carbonyl (C=O) groups is 1. The molecule has 0 N–H and O–H groups in total. The van der Waals surface area contributed by atoms with Gasteiger partial charge in [0, 0.05) is 18.7 Å². The lowest BCUT2D eigenvalue weighted by atomic mass is 9.90. The van der Waals surface area contributed by atoms with Crippen LogP contribution in [0, 0.1) is 11.7 Å². The highest BCUT2D eigenvalue weighted by molar-refractivity contribution is 5.95. The van der Waals surface area contributed by atoms with Crippen LogP contribution in [0.5, 0.6) is 0 Å². The Morgan fingerprint density at radius 2 is 1.76 bits per heavy atom. The van der Waals surface area contributed by atoms with E-state index in [4.69, 9.17) is 0 Å². The molecule has 29 heavy (non-hydrogen) atoms. The quantitative estimate of drug-likeness (QED) is 0.638. The lowest BCUT2D eigenvalue weighted by molar-refractivity contribution is 0.0685. The summed E-state index contributed by atoms with van der Waals surface area (Å²) in [6.07, 6.45) is 6.80. The summed E-state index contributed by atoms with van der Waals surface area (Å²) in [6.45, 7) is 2.03. The first-order chi connectivity index (χ1) is 14.2. The highest BCUT2D eigenvalue weighted by Crippen LogP contribution is 2.25. The first-order valence-corrected chi connectivity index (χ1v) is 10.1. The van der Waals surface area contributed by atoms with Crippen molar-refractivity contribution in [2.45, 2.75) is 32.2 Å². The van der Waals surface area contributed by atoms with Crippen LogP contribution in [0.25, 0.3) is 0 Å². The molecule has 1 saturated heterocycles. The number of hydrogen-bond donors (Lipinski definition) is 0. The van der Waals surface area contributed by atoms with Gasteiger partial charge in [-0.25, -0.2) is 14.1 Å². The van der Waals surface area contributed by atoms with E-state index in [0.717, 1.165) is 55.5 Å². The van der Waals surface area contributed by atoms with E-state index in [1.54, 1.807) is 17.1 Å². The smallest absolute Gasteiger partial charge is 0.254 e. The van der Waals surface area contributed by atoms with Crippen LogP contribution in [-0.4, -0.2) is 38.7 Å². The maximum atomic E-state index is 13.8. The molecule has 1 aromatic heterocycles. The maximum absolute atomic E-state index is 13.8. The molecule has 1 aliphatic heterocycles. The van der Waals surface area contributed by atoms with Crippen LogP contribution in [-0.2, 0) is 13.0 Å². The van der Waals surface area contributed by atoms with Crippen LogP contribution in [0.3, 0.4) is 0 Å². The Labute approximate surface area is 170 Å². The van der Waals surface area contributed by atoms with E-state index in [-0.39, 0.29) is 11.7 Å². The van der Waals surface area contributed by atoms with Crippen LogP contribution < -0.4 is 0 Å². The van der Waals surface area contributed by atoms with Crippen molar-refractivity contribution in [2.75, 3.05) is 13.1 Å². The first kappa shape index (κ1) is 19.3. The third-order valence-electron chi connectivity index (χ3n) is 5.73. The number of amides is 1. The average Bonchev–Trinajstić information content (AvgIpc) is 3.27. The molecule has 0 atom stereocenters. The van der Waals surface area contributed by atoms with E-state index in [1.807, 2.05) is 41.3 Å². The molecule has 150 valence electrons. The number of aryl methyl sites for hydroxylation is 1. The molecule has 1 aliphatic rings. The van der Waals surface area contributed by atoms with Gasteiger partial charge in [-0.1, -0.05) is 36.4 Å². The molecule has 6 heteroatoms. The van der Waals surface area contributed by atoms with E-state index >= 15 is 0 Å². The summed E-state index contributed by atoms with van der Waals surface area (Å²) in [4.78, 5) is 19.0. The third kappa shape index (κ3) is 4.70. The number of likely N-dealkylation sites (tertiary alicyclic amines) is 1. The predicted molar refractivity (Wildman–Crippen MR) is 109 cm³/mol. The second-order valence-electron chi connectivity index (χ2n) is 7.62. The van der Waals surface area contributed by atoms with Crippen molar-refractivity contribution in [3.05, 3.63) is 83.7 Å². The molecule has 0 bridgehead atoms. The van der Waals surface area contributed by atoms with Crippen molar-refractivity contribution in [2.24, 2.45) is 5.92 Å². The second-order valence-corrected chi connectivity index (χ2v) is 7.62. The molecule has 5 nitrogen and oxygen atoms in total. The Hall–Kier alpha value is -3.02. The highest BCUT2D eigenvalue weighted by Gasteiger charge is 2.25. The molecule has 1 amide bonds. The zero-order chi connectivity index (χ0) is 20.1. The normalized spacial score (nSPS) is 14.9. The van der Waals surface area contributed by atoms with Crippen LogP contribution >= 0.6 is 0 Å². The minimum absolute atomic E-state index is 0.0771. The van der Waals surface area contributed by atoms with E-state index in [9.17, 15) is 9.18 Å². The zero-order valence-corrected chi connectivity index (χ0v) is 16.4. The van der Waals surface area contributed by atoms with Crippen molar-refractivity contribution < 1.29 is 9.18 Å². The van der Waals surface area contributed by atoms with Crippen molar-refractivity contribution >= 4 is 5.91 Å². The van der Waals surface area contributed by atoms with E-state index in [2.05, 4.69) is 10.1 Å². The fourth-order valence-electron chi connectivity index (χ4n) is 4.01. The van der Waals surface area contributed by atoms with Gasteiger partial charge in [-0.15, -0.1) is 0 Å². The van der Waals surface area contributed by atoms with Crippen LogP contribution in [0.2, 0.25) is 0 Å². The Balaban J connectivity index is 1.34. The molecule has 0 saturated carbocycles. The maximum Gasteiger partial charge on any atom is 0.254 e. The van der Waals surface area contributed by atoms with Gasteiger partial charge < -0.3 is 4.90 Å². The van der Waals surface area contributed by atoms with E-state index in [0.29, 0.717) is 12.5 Å². The number of aromatic nitrogens is 3. The van der Waals surface area contributed by atoms with Gasteiger partial charge in [0.2, 0.25) is 0 Å². The summed E-state index contributed by atoms with van der Waals surface area (Å²) in [5.74, 6) is 0.487. The summed E-state index contributed by atoms with van der Waals surface area (Å²) in [7, 11) is 0. The zero-order valence-electron chi connectivity index (χ0n) is 16.4. The van der Waals surface area contributed by atoms with Crippen molar-refractivity contribution in [1.29, 1.82) is 0 Å². The second kappa shape index (κ2) is 8.99. The summed E-state index contributed by atoms with van der Waals surface area (Å²) in [6, 6.07) is 14.7. The lowest BCUT2D eigenvalue weighted by Gasteiger charge is -2.32. The molecule has 3 aromatic rings. The molecule has 2 heterocycles. The standard InChI is InChI=1S/C23H25FN4O/c24-22-8-4-2-5-19(22)10-9-18-11-13-27(14-12-18)23(29)21-7-3-1-6-20(21)15-28-17-25-16-26-28/h1-8,16-18H,9-15H2. The van der Waals surface area contributed by atoms with Gasteiger partial charge in [0.25, 0.3) is 5.91 Å². The summed E-state index contributed by atoms with van der Waals surface area (Å²) in [5, 5.41) is 4.14. The number of benzene rings is 2. The third-order valence-corrected chi connectivity index (χ3v) is 5.73. The highest BCUT2D eigenvalue weighted by atomic mass is 19.1. The molecule has 0 spiro atoms. The van der Waals surface area contributed by atoms with Gasteiger partial charge in [-0.3, -0.25) is 4.79 Å². The Morgan fingerprint density at radius 1 is 1.03 bits per heavy atom. The molecule has 2 aromatic carbocycles. The number of rotatable bonds is 6. The molecule has 0 radical (unpaired) electrons. The SMILES string of the molecule is O=C(c1ccccc1Cn1cncn1)N1CCC(CCc2ccccc2F)CC1. The topological polar surface area (TPSA) is 51.0 Å². The minimum atomic E-state index is -0.121. The Morgan fingerprint density at radius 3 is 2.48 bits per heavy atom. The van der Waals surface area contributed by atoms with Crippen LogP contribution in [0.1, 0.15) is 40.7 Å². The minimum Gasteiger partial charge on any atom is -0.339 e. The monoisotopic (exact) mass is 392 g/mol. The fourth-order valence-corrected chi connectivity index (χ4v) is 4.01. The van der Waals surface area contributed by atoms with E-state index in [1.165, 1.54) is 12.4 Å². The molecule has 4 rings (SSSR count). The number of piperidine rings is 1. The lowest BCUT2D eigenvalue weighted by Crippen LogP contribution is -2.39. The summed E-state index contributed by atoms with van der Waals surface area (Å²) < 4.78 is 15.5. The Bertz CT molecular complexity index is 949. The fraction of sp³-hybridized carbons (Fsp3) is 0.348. The molecule has 0 unspecified atom stereocenters. The van der Waals surface area contributed by atoms with Crippen molar-refractivity contribution in [3.8, 4) is 0 Å². The van der Waals surface area contributed by atoms with Gasteiger partial charge in [0.1, 0.15) is 18.5 Å². The number of carbonyl (C=O) groups excluding carboxylic acids is 1. The first-order valence-electron chi connectivity index (χ1n) is 10.1. The molecule has 1 fully saturated rings. The number of hydrogen-bond acceptors (Lipinski definition) is 3. The number of halogens is 1. The van der Waals surface area contributed by atoms with Gasteiger partial charge in [0.05, 0.1) is 6.54 Å². The van der Waals surface area contributed by atoms with Gasteiger partial charge in [0.15, 0.2) is 0 Å². The van der Waals surface area contributed by atoms with Gasteiger partial charge in [-0.05, 0) is 54.9 Å². The van der Waals surface area contributed by atoms with Gasteiger partial charge >= 0.3 is 0 Å². The van der Waals surface area contributed by atoms with E-state index < -0.39 is 0 Å². The molecular weight excluding hydrogens is 367 g/mol. The summed E-state index contributed by atoms with van der Waals surface area (Å²) >= 11 is 0.